The molecule has 0 saturated heterocycles. The second-order valence-corrected chi connectivity index (χ2v) is 4.90. The molecule has 116 valence electrons. The Morgan fingerprint density at radius 2 is 1.95 bits per heavy atom. The highest BCUT2D eigenvalue weighted by Gasteiger charge is 2.24. The molecule has 0 radical (unpaired) electrons. The SMILES string of the molecule is CCC(=O)N(Cc1ccccc1)C(C)C(=O)NCCCO. The van der Waals surface area contributed by atoms with Crippen LogP contribution >= 0.6 is 0 Å². The second-order valence-electron chi connectivity index (χ2n) is 4.90. The van der Waals surface area contributed by atoms with Gasteiger partial charge in [0.05, 0.1) is 0 Å². The molecular formula is C16H24N2O3. The number of carbonyl (C=O) groups is 2. The number of benzene rings is 1. The minimum absolute atomic E-state index is 0.0380. The Balaban J connectivity index is 2.72. The van der Waals surface area contributed by atoms with Crippen LogP contribution in [0.25, 0.3) is 0 Å². The van der Waals surface area contributed by atoms with Gasteiger partial charge in [-0.3, -0.25) is 9.59 Å². The molecular weight excluding hydrogens is 268 g/mol. The summed E-state index contributed by atoms with van der Waals surface area (Å²) in [6.45, 7) is 4.39. The minimum Gasteiger partial charge on any atom is -0.396 e. The lowest BCUT2D eigenvalue weighted by molar-refractivity contribution is -0.140. The normalized spacial score (nSPS) is 11.8. The van der Waals surface area contributed by atoms with Crippen LogP contribution in [0.3, 0.4) is 0 Å². The summed E-state index contributed by atoms with van der Waals surface area (Å²) >= 11 is 0. The second kappa shape index (κ2) is 9.13. The van der Waals surface area contributed by atoms with E-state index < -0.39 is 6.04 Å². The minimum atomic E-state index is -0.531. The molecule has 2 N–H and O–H groups in total. The van der Waals surface area contributed by atoms with Gasteiger partial charge in [0.2, 0.25) is 11.8 Å². The average Bonchev–Trinajstić information content (AvgIpc) is 2.52. The zero-order chi connectivity index (χ0) is 15.7. The van der Waals surface area contributed by atoms with Gasteiger partial charge < -0.3 is 15.3 Å². The number of aliphatic hydroxyl groups excluding tert-OH is 1. The van der Waals surface area contributed by atoms with Gasteiger partial charge in [0.25, 0.3) is 0 Å². The van der Waals surface area contributed by atoms with Gasteiger partial charge in [0.1, 0.15) is 6.04 Å². The third-order valence-corrected chi connectivity index (χ3v) is 3.30. The third kappa shape index (κ3) is 5.55. The molecule has 5 heteroatoms. The monoisotopic (exact) mass is 292 g/mol. The standard InChI is InChI=1S/C16H24N2O3/c1-3-15(20)18(12-14-8-5-4-6-9-14)13(2)16(21)17-10-7-11-19/h4-6,8-9,13,19H,3,7,10-12H2,1-2H3,(H,17,21). The van der Waals surface area contributed by atoms with E-state index in [-0.39, 0.29) is 18.4 Å². The van der Waals surface area contributed by atoms with Crippen LogP contribution in [0.2, 0.25) is 0 Å². The fourth-order valence-electron chi connectivity index (χ4n) is 2.00. The van der Waals surface area contributed by atoms with Crippen LogP contribution in [0.1, 0.15) is 32.3 Å². The molecule has 0 aromatic heterocycles. The zero-order valence-corrected chi connectivity index (χ0v) is 12.7. The highest BCUT2D eigenvalue weighted by Crippen LogP contribution is 2.10. The van der Waals surface area contributed by atoms with Gasteiger partial charge in [-0.15, -0.1) is 0 Å². The highest BCUT2D eigenvalue weighted by molar-refractivity contribution is 5.87. The van der Waals surface area contributed by atoms with Crippen LogP contribution in [0.15, 0.2) is 30.3 Å². The van der Waals surface area contributed by atoms with Crippen molar-refractivity contribution < 1.29 is 14.7 Å². The Labute approximate surface area is 126 Å². The summed E-state index contributed by atoms with van der Waals surface area (Å²) in [4.78, 5) is 25.8. The first-order valence-corrected chi connectivity index (χ1v) is 7.32. The molecule has 1 atom stereocenters. The molecule has 1 aromatic carbocycles. The van der Waals surface area contributed by atoms with Crippen molar-refractivity contribution in [3.63, 3.8) is 0 Å². The number of hydrogen-bond donors (Lipinski definition) is 2. The largest absolute Gasteiger partial charge is 0.396 e. The number of nitrogens with one attached hydrogen (secondary N) is 1. The predicted octanol–water partition coefficient (Wildman–Crippen LogP) is 1.31. The van der Waals surface area contributed by atoms with E-state index in [1.165, 1.54) is 0 Å². The molecule has 1 unspecified atom stereocenters. The molecule has 0 saturated carbocycles. The van der Waals surface area contributed by atoms with Crippen LogP contribution < -0.4 is 5.32 Å². The predicted molar refractivity (Wildman–Crippen MR) is 81.5 cm³/mol. The molecule has 2 amide bonds. The van der Waals surface area contributed by atoms with Crippen molar-refractivity contribution in [3.05, 3.63) is 35.9 Å². The topological polar surface area (TPSA) is 69.6 Å². The number of nitrogens with zero attached hydrogens (tertiary/aromatic N) is 1. The number of carbonyl (C=O) groups excluding carboxylic acids is 2. The molecule has 0 bridgehead atoms. The summed E-state index contributed by atoms with van der Waals surface area (Å²) in [6, 6.07) is 9.08. The first kappa shape index (κ1) is 17.2. The maximum Gasteiger partial charge on any atom is 0.242 e. The first-order chi connectivity index (χ1) is 10.1. The maximum atomic E-state index is 12.1. The summed E-state index contributed by atoms with van der Waals surface area (Å²) in [5, 5.41) is 11.5. The maximum absolute atomic E-state index is 12.1. The van der Waals surface area contributed by atoms with E-state index in [0.29, 0.717) is 25.9 Å². The van der Waals surface area contributed by atoms with Crippen molar-refractivity contribution in [2.24, 2.45) is 0 Å². The number of aliphatic hydroxyl groups is 1. The van der Waals surface area contributed by atoms with Crippen LogP contribution in [0, 0.1) is 0 Å². The molecule has 0 aliphatic carbocycles. The fourth-order valence-corrected chi connectivity index (χ4v) is 2.00. The number of amides is 2. The van der Waals surface area contributed by atoms with Crippen LogP contribution in [-0.2, 0) is 16.1 Å². The summed E-state index contributed by atoms with van der Waals surface area (Å²) in [5.41, 5.74) is 0.995. The van der Waals surface area contributed by atoms with Gasteiger partial charge >= 0.3 is 0 Å². The first-order valence-electron chi connectivity index (χ1n) is 7.32. The molecule has 0 fully saturated rings. The van der Waals surface area contributed by atoms with Gasteiger partial charge in [0, 0.05) is 26.1 Å². The summed E-state index contributed by atoms with van der Waals surface area (Å²) in [6.07, 6.45) is 0.875. The molecule has 0 heterocycles. The van der Waals surface area contributed by atoms with Crippen molar-refractivity contribution in [1.29, 1.82) is 0 Å². The molecule has 0 aliphatic rings. The molecule has 1 aromatic rings. The molecule has 21 heavy (non-hydrogen) atoms. The van der Waals surface area contributed by atoms with Gasteiger partial charge in [-0.1, -0.05) is 37.3 Å². The van der Waals surface area contributed by atoms with E-state index >= 15 is 0 Å². The van der Waals surface area contributed by atoms with Crippen molar-refractivity contribution in [2.45, 2.75) is 39.3 Å². The van der Waals surface area contributed by atoms with E-state index in [1.54, 1.807) is 18.7 Å². The van der Waals surface area contributed by atoms with Crippen molar-refractivity contribution >= 4 is 11.8 Å². The third-order valence-electron chi connectivity index (χ3n) is 3.30. The zero-order valence-electron chi connectivity index (χ0n) is 12.7. The fraction of sp³-hybridized carbons (Fsp3) is 0.500. The number of hydrogen-bond acceptors (Lipinski definition) is 3. The molecule has 5 nitrogen and oxygen atoms in total. The van der Waals surface area contributed by atoms with Crippen LogP contribution in [-0.4, -0.2) is 41.0 Å². The molecule has 1 rings (SSSR count). The quantitative estimate of drug-likeness (QED) is 0.710. The van der Waals surface area contributed by atoms with Crippen molar-refractivity contribution in [2.75, 3.05) is 13.2 Å². The van der Waals surface area contributed by atoms with E-state index in [2.05, 4.69) is 5.32 Å². The van der Waals surface area contributed by atoms with Crippen LogP contribution in [0.5, 0.6) is 0 Å². The number of rotatable bonds is 8. The Kier molecular flexibility index (Phi) is 7.46. The highest BCUT2D eigenvalue weighted by atomic mass is 16.3. The van der Waals surface area contributed by atoms with Crippen molar-refractivity contribution in [3.8, 4) is 0 Å². The van der Waals surface area contributed by atoms with Gasteiger partial charge in [-0.2, -0.15) is 0 Å². The van der Waals surface area contributed by atoms with E-state index in [1.807, 2.05) is 30.3 Å². The van der Waals surface area contributed by atoms with Gasteiger partial charge in [-0.25, -0.2) is 0 Å². The van der Waals surface area contributed by atoms with E-state index in [0.717, 1.165) is 5.56 Å². The summed E-state index contributed by atoms with van der Waals surface area (Å²) in [5.74, 6) is -0.246. The van der Waals surface area contributed by atoms with E-state index in [9.17, 15) is 9.59 Å². The molecule has 0 aliphatic heterocycles. The summed E-state index contributed by atoms with van der Waals surface area (Å²) in [7, 11) is 0. The van der Waals surface area contributed by atoms with Crippen molar-refractivity contribution in [1.82, 2.24) is 10.2 Å². The van der Waals surface area contributed by atoms with E-state index in [4.69, 9.17) is 5.11 Å². The summed E-state index contributed by atoms with van der Waals surface area (Å²) < 4.78 is 0. The Hall–Kier alpha value is -1.88. The van der Waals surface area contributed by atoms with Gasteiger partial charge in [-0.05, 0) is 18.9 Å². The lowest BCUT2D eigenvalue weighted by Gasteiger charge is -2.28. The van der Waals surface area contributed by atoms with Gasteiger partial charge in [0.15, 0.2) is 0 Å². The smallest absolute Gasteiger partial charge is 0.242 e. The lowest BCUT2D eigenvalue weighted by Crippen LogP contribution is -2.47. The average molecular weight is 292 g/mol. The molecule has 0 spiro atoms. The van der Waals surface area contributed by atoms with Crippen LogP contribution in [0.4, 0.5) is 0 Å². The Bertz CT molecular complexity index is 448. The Morgan fingerprint density at radius 1 is 1.29 bits per heavy atom. The Morgan fingerprint density at radius 3 is 2.52 bits per heavy atom. The lowest BCUT2D eigenvalue weighted by atomic mass is 10.1.